The second kappa shape index (κ2) is 9.90. The highest BCUT2D eigenvalue weighted by atomic mass is 35.6. The minimum Gasteiger partial charge on any atom is -0.454 e. The molecule has 2 rings (SSSR count). The van der Waals surface area contributed by atoms with Gasteiger partial charge in [-0.1, -0.05) is 70.1 Å². The summed E-state index contributed by atoms with van der Waals surface area (Å²) in [6.07, 6.45) is 0.115. The zero-order valence-electron chi connectivity index (χ0n) is 14.4. The van der Waals surface area contributed by atoms with Crippen LogP contribution in [0.1, 0.15) is 12.5 Å². The summed E-state index contributed by atoms with van der Waals surface area (Å²) >= 11 is 30.0. The van der Waals surface area contributed by atoms with Crippen molar-refractivity contribution >= 4 is 81.3 Å². The Kier molecular flexibility index (Phi) is 8.10. The Balaban J connectivity index is 2.35. The largest absolute Gasteiger partial charge is 0.454 e. The quantitative estimate of drug-likeness (QED) is 0.303. The zero-order chi connectivity index (χ0) is 20.9. The molecule has 0 spiro atoms. The molecule has 0 heterocycles. The standard InChI is InChI=1S/C18H14Cl5NO4/c1-10(25)27-9-16(26)28-15-6-5-11(8-18(21,22)23)7-14(15)24-17-12(19)3-2-4-13(17)20/h2-7,24H,8-9H2,1H3. The molecule has 0 atom stereocenters. The van der Waals surface area contributed by atoms with E-state index in [1.165, 1.54) is 13.0 Å². The van der Waals surface area contributed by atoms with E-state index in [4.69, 9.17) is 62.7 Å². The van der Waals surface area contributed by atoms with Crippen molar-refractivity contribution in [2.45, 2.75) is 17.1 Å². The molecule has 0 aliphatic heterocycles. The first-order valence-electron chi connectivity index (χ1n) is 7.80. The van der Waals surface area contributed by atoms with Crippen molar-refractivity contribution < 1.29 is 19.1 Å². The molecule has 0 aliphatic rings. The van der Waals surface area contributed by atoms with Crippen molar-refractivity contribution in [2.75, 3.05) is 11.9 Å². The van der Waals surface area contributed by atoms with E-state index in [1.54, 1.807) is 30.3 Å². The Hall–Kier alpha value is -1.37. The van der Waals surface area contributed by atoms with Gasteiger partial charge in [-0.2, -0.15) is 0 Å². The van der Waals surface area contributed by atoms with Gasteiger partial charge in [-0.05, 0) is 29.8 Å². The molecule has 0 amide bonds. The predicted octanol–water partition coefficient (Wildman–Crippen LogP) is 6.12. The molecule has 150 valence electrons. The van der Waals surface area contributed by atoms with Crippen LogP contribution in [0.3, 0.4) is 0 Å². The molecule has 0 radical (unpaired) electrons. The molecule has 0 aliphatic carbocycles. The highest BCUT2D eigenvalue weighted by Crippen LogP contribution is 2.38. The van der Waals surface area contributed by atoms with Crippen LogP contribution >= 0.6 is 58.0 Å². The first kappa shape index (κ1) is 22.9. The van der Waals surface area contributed by atoms with Crippen molar-refractivity contribution in [3.63, 3.8) is 0 Å². The Morgan fingerprint density at radius 3 is 2.29 bits per heavy atom. The molecule has 0 unspecified atom stereocenters. The van der Waals surface area contributed by atoms with E-state index in [-0.39, 0.29) is 12.2 Å². The van der Waals surface area contributed by atoms with Crippen LogP contribution in [0.15, 0.2) is 36.4 Å². The second-order valence-corrected chi connectivity index (χ2v) is 8.93. The molecular formula is C18H14Cl5NO4. The van der Waals surface area contributed by atoms with Crippen LogP contribution in [0.4, 0.5) is 11.4 Å². The number of rotatable bonds is 6. The lowest BCUT2D eigenvalue weighted by atomic mass is 10.1. The van der Waals surface area contributed by atoms with Crippen LogP contribution in [0.25, 0.3) is 0 Å². The van der Waals surface area contributed by atoms with Crippen LogP contribution < -0.4 is 10.1 Å². The van der Waals surface area contributed by atoms with Crippen LogP contribution in [-0.4, -0.2) is 22.3 Å². The van der Waals surface area contributed by atoms with E-state index in [2.05, 4.69) is 10.1 Å². The van der Waals surface area contributed by atoms with Crippen molar-refractivity contribution in [3.8, 4) is 5.75 Å². The number of nitrogens with one attached hydrogen (secondary N) is 1. The van der Waals surface area contributed by atoms with Crippen LogP contribution in [0, 0.1) is 0 Å². The van der Waals surface area contributed by atoms with Gasteiger partial charge in [0.2, 0.25) is 0 Å². The Bertz CT molecular complexity index is 863. The summed E-state index contributed by atoms with van der Waals surface area (Å²) in [4.78, 5) is 22.8. The number of carbonyl (C=O) groups is 2. The fourth-order valence-electron chi connectivity index (χ4n) is 2.17. The number of esters is 2. The molecule has 0 saturated carbocycles. The van der Waals surface area contributed by atoms with E-state index < -0.39 is 22.3 Å². The number of carbonyl (C=O) groups excluding carboxylic acids is 2. The third-order valence-corrected chi connectivity index (χ3v) is 4.32. The van der Waals surface area contributed by atoms with Crippen LogP contribution in [0.5, 0.6) is 5.75 Å². The van der Waals surface area contributed by atoms with Gasteiger partial charge in [-0.25, -0.2) is 4.79 Å². The first-order valence-corrected chi connectivity index (χ1v) is 9.69. The van der Waals surface area contributed by atoms with Gasteiger partial charge in [-0.15, -0.1) is 0 Å². The normalized spacial score (nSPS) is 11.1. The Morgan fingerprint density at radius 1 is 1.07 bits per heavy atom. The third-order valence-electron chi connectivity index (χ3n) is 3.29. The van der Waals surface area contributed by atoms with E-state index in [9.17, 15) is 9.59 Å². The molecule has 28 heavy (non-hydrogen) atoms. The fraction of sp³-hybridized carbons (Fsp3) is 0.222. The maximum atomic E-state index is 11.9. The lowest BCUT2D eigenvalue weighted by Gasteiger charge is -2.17. The van der Waals surface area contributed by atoms with E-state index in [1.807, 2.05) is 0 Å². The van der Waals surface area contributed by atoms with Crippen molar-refractivity contribution in [3.05, 3.63) is 52.0 Å². The Morgan fingerprint density at radius 2 is 1.71 bits per heavy atom. The van der Waals surface area contributed by atoms with E-state index in [0.717, 1.165) is 0 Å². The summed E-state index contributed by atoms with van der Waals surface area (Å²) in [7, 11) is 0. The highest BCUT2D eigenvalue weighted by Gasteiger charge is 2.22. The number of anilines is 2. The average molecular weight is 486 g/mol. The SMILES string of the molecule is CC(=O)OCC(=O)Oc1ccc(CC(Cl)(Cl)Cl)cc1Nc1c(Cl)cccc1Cl. The van der Waals surface area contributed by atoms with Crippen LogP contribution in [0.2, 0.25) is 10.0 Å². The first-order chi connectivity index (χ1) is 13.0. The summed E-state index contributed by atoms with van der Waals surface area (Å²) in [5.74, 6) is -1.21. The number of benzene rings is 2. The zero-order valence-corrected chi connectivity index (χ0v) is 18.2. The third kappa shape index (κ3) is 7.22. The molecule has 0 aromatic heterocycles. The molecule has 10 heteroatoms. The van der Waals surface area contributed by atoms with Gasteiger partial charge in [0, 0.05) is 13.3 Å². The van der Waals surface area contributed by atoms with Gasteiger partial charge in [0.1, 0.15) is 0 Å². The van der Waals surface area contributed by atoms with Crippen molar-refractivity contribution in [1.82, 2.24) is 0 Å². The molecular weight excluding hydrogens is 471 g/mol. The van der Waals surface area contributed by atoms with Gasteiger partial charge in [0.25, 0.3) is 0 Å². The molecule has 0 fully saturated rings. The molecule has 5 nitrogen and oxygen atoms in total. The van der Waals surface area contributed by atoms with Gasteiger partial charge in [0.15, 0.2) is 16.1 Å². The second-order valence-electron chi connectivity index (χ2n) is 5.60. The number of para-hydroxylation sites is 1. The topological polar surface area (TPSA) is 64.6 Å². The lowest BCUT2D eigenvalue weighted by molar-refractivity contribution is -0.151. The smallest absolute Gasteiger partial charge is 0.349 e. The minimum atomic E-state index is -1.51. The van der Waals surface area contributed by atoms with Crippen LogP contribution in [-0.2, 0) is 20.7 Å². The number of halogens is 5. The maximum absolute atomic E-state index is 11.9. The van der Waals surface area contributed by atoms with Gasteiger partial charge in [-0.3, -0.25) is 4.79 Å². The predicted molar refractivity (Wildman–Crippen MR) is 112 cm³/mol. The number of ether oxygens (including phenoxy) is 2. The average Bonchev–Trinajstić information content (AvgIpc) is 2.57. The summed E-state index contributed by atoms with van der Waals surface area (Å²) in [5.41, 5.74) is 1.43. The molecule has 2 aromatic rings. The van der Waals surface area contributed by atoms with Crippen molar-refractivity contribution in [1.29, 1.82) is 0 Å². The molecule has 0 bridgehead atoms. The minimum absolute atomic E-state index is 0.115. The molecule has 2 aromatic carbocycles. The summed E-state index contributed by atoms with van der Waals surface area (Å²) in [6.45, 7) is 0.655. The fourth-order valence-corrected chi connectivity index (χ4v) is 3.12. The number of hydrogen-bond acceptors (Lipinski definition) is 5. The van der Waals surface area contributed by atoms with E-state index in [0.29, 0.717) is 27.0 Å². The highest BCUT2D eigenvalue weighted by molar-refractivity contribution is 6.67. The van der Waals surface area contributed by atoms with E-state index >= 15 is 0 Å². The number of hydrogen-bond donors (Lipinski definition) is 1. The summed E-state index contributed by atoms with van der Waals surface area (Å²) in [6, 6.07) is 9.77. The van der Waals surface area contributed by atoms with Gasteiger partial charge in [0.05, 0.1) is 21.4 Å². The monoisotopic (exact) mass is 483 g/mol. The molecule has 1 N–H and O–H groups in total. The van der Waals surface area contributed by atoms with Crippen molar-refractivity contribution in [2.24, 2.45) is 0 Å². The molecule has 0 saturated heterocycles. The Labute approximate surface area is 186 Å². The van der Waals surface area contributed by atoms with Gasteiger partial charge >= 0.3 is 11.9 Å². The summed E-state index contributed by atoms with van der Waals surface area (Å²) < 4.78 is 8.40. The lowest BCUT2D eigenvalue weighted by Crippen LogP contribution is -2.18. The number of alkyl halides is 3. The van der Waals surface area contributed by atoms with Gasteiger partial charge < -0.3 is 14.8 Å². The summed E-state index contributed by atoms with van der Waals surface area (Å²) in [5, 5.41) is 3.74. The maximum Gasteiger partial charge on any atom is 0.349 e.